The van der Waals surface area contributed by atoms with Gasteiger partial charge >= 0.3 is 0 Å². The minimum atomic E-state index is 0.0925. The first-order valence-electron chi connectivity index (χ1n) is 6.35. The molecule has 0 aromatic heterocycles. The monoisotopic (exact) mass is 286 g/mol. The first-order chi connectivity index (χ1) is 9.78. The minimum Gasteiger partial charge on any atom is -0.489 e. The smallest absolute Gasteiger partial charge is 0.119 e. The zero-order chi connectivity index (χ0) is 14.2. The normalized spacial score (nSPS) is 9.70. The highest BCUT2D eigenvalue weighted by Crippen LogP contribution is 2.15. The Morgan fingerprint density at radius 1 is 1.00 bits per heavy atom. The Labute approximate surface area is 124 Å². The SMILES string of the molecule is OCCC#Cc1ccc(OCc2ccc(Cl)cc2)cc1. The molecular formula is C17H15ClO2. The van der Waals surface area contributed by atoms with E-state index in [0.717, 1.165) is 21.9 Å². The molecule has 0 aliphatic rings. The molecular weight excluding hydrogens is 272 g/mol. The van der Waals surface area contributed by atoms with Crippen molar-refractivity contribution in [1.82, 2.24) is 0 Å². The van der Waals surface area contributed by atoms with E-state index in [-0.39, 0.29) is 6.61 Å². The van der Waals surface area contributed by atoms with E-state index in [9.17, 15) is 0 Å². The van der Waals surface area contributed by atoms with E-state index in [1.165, 1.54) is 0 Å². The second-order valence-electron chi connectivity index (χ2n) is 4.21. The molecule has 3 heteroatoms. The highest BCUT2D eigenvalue weighted by Gasteiger charge is 1.96. The highest BCUT2D eigenvalue weighted by molar-refractivity contribution is 6.30. The van der Waals surface area contributed by atoms with Gasteiger partial charge in [-0.05, 0) is 42.0 Å². The number of aliphatic hydroxyl groups excluding tert-OH is 1. The zero-order valence-corrected chi connectivity index (χ0v) is 11.7. The number of rotatable bonds is 4. The molecule has 0 spiro atoms. The summed E-state index contributed by atoms with van der Waals surface area (Å²) in [7, 11) is 0. The van der Waals surface area contributed by atoms with Gasteiger partial charge in [-0.1, -0.05) is 35.6 Å². The van der Waals surface area contributed by atoms with Crippen LogP contribution in [0.5, 0.6) is 5.75 Å². The summed E-state index contributed by atoms with van der Waals surface area (Å²) in [5.41, 5.74) is 1.98. The van der Waals surface area contributed by atoms with Crippen LogP contribution in [0.15, 0.2) is 48.5 Å². The molecule has 20 heavy (non-hydrogen) atoms. The molecule has 2 aromatic rings. The standard InChI is InChI=1S/C17H15ClO2/c18-16-8-4-15(5-9-16)13-20-17-10-6-14(7-11-17)3-1-2-12-19/h4-11,19H,2,12-13H2. The van der Waals surface area contributed by atoms with Crippen molar-refractivity contribution in [2.75, 3.05) is 6.61 Å². The number of hydrogen-bond donors (Lipinski definition) is 1. The van der Waals surface area contributed by atoms with Crippen LogP contribution in [0.2, 0.25) is 5.02 Å². The van der Waals surface area contributed by atoms with Crippen molar-refractivity contribution in [3.05, 3.63) is 64.7 Å². The predicted octanol–water partition coefficient (Wildman–Crippen LogP) is 3.65. The number of aliphatic hydroxyl groups is 1. The summed E-state index contributed by atoms with van der Waals surface area (Å²) in [4.78, 5) is 0. The average molecular weight is 287 g/mol. The molecule has 2 nitrogen and oxygen atoms in total. The summed E-state index contributed by atoms with van der Waals surface area (Å²) in [6, 6.07) is 15.2. The number of hydrogen-bond acceptors (Lipinski definition) is 2. The third-order valence-electron chi connectivity index (χ3n) is 2.64. The Balaban J connectivity index is 1.91. The van der Waals surface area contributed by atoms with Gasteiger partial charge < -0.3 is 9.84 Å². The maximum absolute atomic E-state index is 8.65. The van der Waals surface area contributed by atoms with E-state index < -0.39 is 0 Å². The molecule has 0 bridgehead atoms. The van der Waals surface area contributed by atoms with Crippen molar-refractivity contribution < 1.29 is 9.84 Å². The Hall–Kier alpha value is -1.95. The highest BCUT2D eigenvalue weighted by atomic mass is 35.5. The van der Waals surface area contributed by atoms with Crippen LogP contribution in [0.4, 0.5) is 0 Å². The van der Waals surface area contributed by atoms with Crippen LogP contribution < -0.4 is 4.74 Å². The molecule has 0 saturated carbocycles. The fourth-order valence-corrected chi connectivity index (χ4v) is 1.73. The van der Waals surface area contributed by atoms with E-state index in [1.54, 1.807) is 0 Å². The van der Waals surface area contributed by atoms with Crippen LogP contribution in [0.1, 0.15) is 17.5 Å². The van der Waals surface area contributed by atoms with Crippen molar-refractivity contribution in [3.63, 3.8) is 0 Å². The van der Waals surface area contributed by atoms with Crippen molar-refractivity contribution in [3.8, 4) is 17.6 Å². The number of halogens is 1. The Morgan fingerprint density at radius 2 is 1.70 bits per heavy atom. The molecule has 1 N–H and O–H groups in total. The third kappa shape index (κ3) is 4.62. The molecule has 2 rings (SSSR count). The van der Waals surface area contributed by atoms with E-state index in [2.05, 4.69) is 11.8 Å². The second kappa shape index (κ2) is 7.59. The van der Waals surface area contributed by atoms with Crippen LogP contribution >= 0.6 is 11.6 Å². The largest absolute Gasteiger partial charge is 0.489 e. The summed E-state index contributed by atoms with van der Waals surface area (Å²) in [6.45, 7) is 0.599. The van der Waals surface area contributed by atoms with Crippen LogP contribution in [0, 0.1) is 11.8 Å². The molecule has 0 atom stereocenters. The lowest BCUT2D eigenvalue weighted by Crippen LogP contribution is -1.94. The molecule has 0 amide bonds. The molecule has 0 radical (unpaired) electrons. The van der Waals surface area contributed by atoms with Crippen LogP contribution in [-0.4, -0.2) is 11.7 Å². The maximum Gasteiger partial charge on any atom is 0.119 e. The van der Waals surface area contributed by atoms with Gasteiger partial charge in [0.2, 0.25) is 0 Å². The van der Waals surface area contributed by atoms with Gasteiger partial charge in [-0.25, -0.2) is 0 Å². The average Bonchev–Trinajstić information content (AvgIpc) is 2.48. The Kier molecular flexibility index (Phi) is 5.49. The first kappa shape index (κ1) is 14.5. The van der Waals surface area contributed by atoms with E-state index in [1.807, 2.05) is 48.5 Å². The molecule has 0 fully saturated rings. The van der Waals surface area contributed by atoms with Crippen LogP contribution in [0.25, 0.3) is 0 Å². The molecule has 0 aliphatic heterocycles. The summed E-state index contributed by atoms with van der Waals surface area (Å²) in [5.74, 6) is 6.65. The van der Waals surface area contributed by atoms with Gasteiger partial charge in [0.15, 0.2) is 0 Å². The van der Waals surface area contributed by atoms with Gasteiger partial charge in [0.05, 0.1) is 6.61 Å². The topological polar surface area (TPSA) is 29.5 Å². The molecule has 0 heterocycles. The van der Waals surface area contributed by atoms with Crippen molar-refractivity contribution in [2.24, 2.45) is 0 Å². The van der Waals surface area contributed by atoms with E-state index in [4.69, 9.17) is 21.4 Å². The van der Waals surface area contributed by atoms with Crippen molar-refractivity contribution >= 4 is 11.6 Å². The fourth-order valence-electron chi connectivity index (χ4n) is 1.60. The van der Waals surface area contributed by atoms with Crippen LogP contribution in [0.3, 0.4) is 0 Å². The fraction of sp³-hybridized carbons (Fsp3) is 0.176. The summed E-state index contributed by atoms with van der Waals surface area (Å²) in [5, 5.41) is 9.37. The zero-order valence-electron chi connectivity index (χ0n) is 11.0. The summed E-state index contributed by atoms with van der Waals surface area (Å²) in [6.07, 6.45) is 0.495. The first-order valence-corrected chi connectivity index (χ1v) is 6.73. The molecule has 0 saturated heterocycles. The lowest BCUT2D eigenvalue weighted by molar-refractivity contribution is 0.305. The Morgan fingerprint density at radius 3 is 2.35 bits per heavy atom. The van der Waals surface area contributed by atoms with Gasteiger partial charge in [-0.2, -0.15) is 0 Å². The molecule has 102 valence electrons. The second-order valence-corrected chi connectivity index (χ2v) is 4.65. The van der Waals surface area contributed by atoms with Crippen molar-refractivity contribution in [1.29, 1.82) is 0 Å². The van der Waals surface area contributed by atoms with Gasteiger partial charge in [0, 0.05) is 17.0 Å². The third-order valence-corrected chi connectivity index (χ3v) is 2.89. The number of benzene rings is 2. The van der Waals surface area contributed by atoms with E-state index in [0.29, 0.717) is 13.0 Å². The number of ether oxygens (including phenoxy) is 1. The quantitative estimate of drug-likeness (QED) is 0.869. The lowest BCUT2D eigenvalue weighted by atomic mass is 10.2. The molecule has 0 aliphatic carbocycles. The summed E-state index contributed by atoms with van der Waals surface area (Å²) < 4.78 is 5.68. The molecule has 2 aromatic carbocycles. The Bertz CT molecular complexity index is 592. The molecule has 0 unspecified atom stereocenters. The van der Waals surface area contributed by atoms with Crippen molar-refractivity contribution in [2.45, 2.75) is 13.0 Å². The predicted molar refractivity (Wildman–Crippen MR) is 80.8 cm³/mol. The maximum atomic E-state index is 8.65. The minimum absolute atomic E-state index is 0.0925. The van der Waals surface area contributed by atoms with E-state index >= 15 is 0 Å². The lowest BCUT2D eigenvalue weighted by Gasteiger charge is -2.06. The van der Waals surface area contributed by atoms with Gasteiger partial charge in [0.25, 0.3) is 0 Å². The van der Waals surface area contributed by atoms with Gasteiger partial charge in [-0.3, -0.25) is 0 Å². The summed E-state index contributed by atoms with van der Waals surface area (Å²) >= 11 is 5.83. The van der Waals surface area contributed by atoms with Crippen LogP contribution in [-0.2, 0) is 6.61 Å². The van der Waals surface area contributed by atoms with Gasteiger partial charge in [0.1, 0.15) is 12.4 Å². The van der Waals surface area contributed by atoms with Gasteiger partial charge in [-0.15, -0.1) is 0 Å².